The van der Waals surface area contributed by atoms with E-state index in [1.54, 1.807) is 0 Å². The van der Waals surface area contributed by atoms with Gasteiger partial charge in [-0.15, -0.1) is 0 Å². The van der Waals surface area contributed by atoms with E-state index in [9.17, 15) is 4.79 Å². The van der Waals surface area contributed by atoms with Gasteiger partial charge in [0.25, 0.3) is 5.91 Å². The first-order valence-electron chi connectivity index (χ1n) is 8.12. The first-order chi connectivity index (χ1) is 10.7. The van der Waals surface area contributed by atoms with E-state index in [0.29, 0.717) is 5.92 Å². The van der Waals surface area contributed by atoms with Gasteiger partial charge in [0.2, 0.25) is 0 Å². The van der Waals surface area contributed by atoms with Gasteiger partial charge in [0.1, 0.15) is 11.5 Å². The molecule has 1 aliphatic rings. The molecule has 0 aliphatic carbocycles. The van der Waals surface area contributed by atoms with E-state index in [4.69, 9.17) is 0 Å². The highest BCUT2D eigenvalue weighted by molar-refractivity contribution is 5.92. The summed E-state index contributed by atoms with van der Waals surface area (Å²) in [5.41, 5.74) is 1.84. The van der Waals surface area contributed by atoms with Crippen LogP contribution in [0.1, 0.15) is 41.8 Å². The average molecular weight is 300 g/mol. The van der Waals surface area contributed by atoms with E-state index < -0.39 is 0 Å². The Morgan fingerprint density at radius 1 is 1.36 bits per heavy atom. The van der Waals surface area contributed by atoms with Crippen LogP contribution >= 0.6 is 0 Å². The third-order valence-corrected chi connectivity index (χ3v) is 4.64. The van der Waals surface area contributed by atoms with Gasteiger partial charge in [0.05, 0.1) is 0 Å². The van der Waals surface area contributed by atoms with E-state index in [-0.39, 0.29) is 5.91 Å². The molecule has 0 saturated carbocycles. The second kappa shape index (κ2) is 6.38. The molecule has 0 unspecified atom stereocenters. The van der Waals surface area contributed by atoms with E-state index >= 15 is 0 Å². The molecular weight excluding hydrogens is 276 g/mol. The van der Waals surface area contributed by atoms with Crippen molar-refractivity contribution in [2.24, 2.45) is 5.92 Å². The second-order valence-electron chi connectivity index (χ2n) is 6.11. The lowest BCUT2D eigenvalue weighted by Gasteiger charge is -2.32. The fraction of sp³-hybridized carbons (Fsp3) is 0.529. The quantitative estimate of drug-likeness (QED) is 0.943. The molecule has 0 spiro atoms. The topological polar surface area (TPSA) is 53.9 Å². The zero-order valence-electron chi connectivity index (χ0n) is 13.4. The molecule has 5 nitrogen and oxygen atoms in total. The van der Waals surface area contributed by atoms with Crippen molar-refractivity contribution in [2.45, 2.75) is 39.7 Å². The smallest absolute Gasteiger partial charge is 0.270 e. The largest absolute Gasteiger partial charge is 0.354 e. The van der Waals surface area contributed by atoms with Crippen molar-refractivity contribution in [2.75, 3.05) is 13.1 Å². The van der Waals surface area contributed by atoms with Crippen LogP contribution in [0.4, 0.5) is 0 Å². The van der Waals surface area contributed by atoms with Crippen LogP contribution < -0.4 is 0 Å². The zero-order chi connectivity index (χ0) is 15.5. The number of aromatic nitrogens is 3. The van der Waals surface area contributed by atoms with Gasteiger partial charge in [-0.3, -0.25) is 4.79 Å². The SMILES string of the molecule is CCc1ccc(C(=O)N2CCC(Cn3ccnc3C)CC2)[nH]1. The summed E-state index contributed by atoms with van der Waals surface area (Å²) in [6.45, 7) is 6.82. The molecule has 2 aromatic rings. The summed E-state index contributed by atoms with van der Waals surface area (Å²) in [6.07, 6.45) is 6.94. The van der Waals surface area contributed by atoms with Crippen LogP contribution in [0.2, 0.25) is 0 Å². The predicted octanol–water partition coefficient (Wildman–Crippen LogP) is 2.63. The highest BCUT2D eigenvalue weighted by Gasteiger charge is 2.24. The van der Waals surface area contributed by atoms with E-state index in [1.165, 1.54) is 0 Å². The van der Waals surface area contributed by atoms with Crippen LogP contribution in [0.15, 0.2) is 24.5 Å². The van der Waals surface area contributed by atoms with Crippen molar-refractivity contribution in [1.29, 1.82) is 0 Å². The Morgan fingerprint density at radius 3 is 2.73 bits per heavy atom. The monoisotopic (exact) mass is 300 g/mol. The van der Waals surface area contributed by atoms with Gasteiger partial charge >= 0.3 is 0 Å². The molecule has 22 heavy (non-hydrogen) atoms. The maximum atomic E-state index is 12.5. The van der Waals surface area contributed by atoms with Crippen LogP contribution in [-0.2, 0) is 13.0 Å². The molecule has 3 heterocycles. The number of hydrogen-bond acceptors (Lipinski definition) is 2. The number of carbonyl (C=O) groups excluding carboxylic acids is 1. The number of H-pyrrole nitrogens is 1. The number of imidazole rings is 1. The Morgan fingerprint density at radius 2 is 2.14 bits per heavy atom. The molecule has 1 amide bonds. The van der Waals surface area contributed by atoms with Crippen molar-refractivity contribution < 1.29 is 4.79 Å². The van der Waals surface area contributed by atoms with Gasteiger partial charge in [0.15, 0.2) is 0 Å². The zero-order valence-corrected chi connectivity index (χ0v) is 13.4. The fourth-order valence-electron chi connectivity index (χ4n) is 3.14. The Bertz CT molecular complexity index is 635. The molecule has 2 aromatic heterocycles. The number of carbonyl (C=O) groups is 1. The number of nitrogens with one attached hydrogen (secondary N) is 1. The first-order valence-corrected chi connectivity index (χ1v) is 8.12. The number of hydrogen-bond donors (Lipinski definition) is 1. The summed E-state index contributed by atoms with van der Waals surface area (Å²) in [5.74, 6) is 1.83. The molecular formula is C17H24N4O. The molecule has 118 valence electrons. The predicted molar refractivity (Wildman–Crippen MR) is 85.8 cm³/mol. The van der Waals surface area contributed by atoms with Crippen LogP contribution in [0.3, 0.4) is 0 Å². The average Bonchev–Trinajstić information content (AvgIpc) is 3.17. The highest BCUT2D eigenvalue weighted by atomic mass is 16.2. The Hall–Kier alpha value is -2.04. The molecule has 1 N–H and O–H groups in total. The third kappa shape index (κ3) is 3.08. The maximum absolute atomic E-state index is 12.5. The van der Waals surface area contributed by atoms with Crippen LogP contribution in [0.5, 0.6) is 0 Å². The lowest BCUT2D eigenvalue weighted by Crippen LogP contribution is -2.39. The molecule has 1 saturated heterocycles. The molecule has 5 heteroatoms. The van der Waals surface area contributed by atoms with Crippen molar-refractivity contribution in [1.82, 2.24) is 19.4 Å². The summed E-state index contributed by atoms with van der Waals surface area (Å²) in [6, 6.07) is 3.91. The van der Waals surface area contributed by atoms with Gasteiger partial charge in [-0.1, -0.05) is 6.92 Å². The molecule has 0 radical (unpaired) electrons. The van der Waals surface area contributed by atoms with Gasteiger partial charge in [-0.05, 0) is 44.2 Å². The molecule has 3 rings (SSSR count). The van der Waals surface area contributed by atoms with Crippen molar-refractivity contribution in [3.05, 3.63) is 41.7 Å². The van der Waals surface area contributed by atoms with E-state index in [2.05, 4.69) is 21.5 Å². The first kappa shape index (κ1) is 14.9. The minimum absolute atomic E-state index is 0.136. The number of aromatic amines is 1. The standard InChI is InChI=1S/C17H24N4O/c1-3-15-4-5-16(19-15)17(22)20-9-6-14(7-10-20)12-21-11-8-18-13(21)2/h4-5,8,11,14,19H,3,6-7,9-10,12H2,1-2H3. The number of aryl methyl sites for hydroxylation is 2. The van der Waals surface area contributed by atoms with Crippen molar-refractivity contribution >= 4 is 5.91 Å². The molecule has 0 aromatic carbocycles. The van der Waals surface area contributed by atoms with Gasteiger partial charge in [0, 0.05) is 37.7 Å². The number of amides is 1. The van der Waals surface area contributed by atoms with Gasteiger partial charge in [-0.2, -0.15) is 0 Å². The Kier molecular flexibility index (Phi) is 4.32. The molecule has 1 fully saturated rings. The number of piperidine rings is 1. The van der Waals surface area contributed by atoms with E-state index in [0.717, 1.165) is 56.1 Å². The number of rotatable bonds is 4. The van der Waals surface area contributed by atoms with Crippen molar-refractivity contribution in [3.8, 4) is 0 Å². The summed E-state index contributed by atoms with van der Waals surface area (Å²) < 4.78 is 2.21. The third-order valence-electron chi connectivity index (χ3n) is 4.64. The molecule has 1 aliphatic heterocycles. The fourth-order valence-corrected chi connectivity index (χ4v) is 3.14. The van der Waals surface area contributed by atoms with Crippen LogP contribution in [0.25, 0.3) is 0 Å². The normalized spacial score (nSPS) is 16.2. The van der Waals surface area contributed by atoms with Crippen molar-refractivity contribution in [3.63, 3.8) is 0 Å². The Balaban J connectivity index is 1.55. The summed E-state index contributed by atoms with van der Waals surface area (Å²) >= 11 is 0. The minimum atomic E-state index is 0.136. The van der Waals surface area contributed by atoms with Gasteiger partial charge in [-0.25, -0.2) is 4.98 Å². The molecule has 0 atom stereocenters. The Labute approximate surface area is 131 Å². The van der Waals surface area contributed by atoms with Crippen LogP contribution in [0, 0.1) is 12.8 Å². The number of likely N-dealkylation sites (tertiary alicyclic amines) is 1. The lowest BCUT2D eigenvalue weighted by molar-refractivity contribution is 0.0677. The summed E-state index contributed by atoms with van der Waals surface area (Å²) in [5, 5.41) is 0. The summed E-state index contributed by atoms with van der Waals surface area (Å²) in [4.78, 5) is 21.9. The van der Waals surface area contributed by atoms with Gasteiger partial charge < -0.3 is 14.5 Å². The van der Waals surface area contributed by atoms with Crippen LogP contribution in [-0.4, -0.2) is 38.4 Å². The van der Waals surface area contributed by atoms with E-state index in [1.807, 2.05) is 36.4 Å². The molecule has 0 bridgehead atoms. The minimum Gasteiger partial charge on any atom is -0.354 e. The maximum Gasteiger partial charge on any atom is 0.270 e. The highest BCUT2D eigenvalue weighted by Crippen LogP contribution is 2.21. The summed E-state index contributed by atoms with van der Waals surface area (Å²) in [7, 11) is 0. The lowest BCUT2D eigenvalue weighted by atomic mass is 9.96. The second-order valence-corrected chi connectivity index (χ2v) is 6.11. The number of nitrogens with zero attached hydrogens (tertiary/aromatic N) is 3.